The summed E-state index contributed by atoms with van der Waals surface area (Å²) >= 11 is 0. The van der Waals surface area contributed by atoms with Crippen molar-refractivity contribution < 1.29 is 14.7 Å². The minimum absolute atomic E-state index is 0.0876. The lowest BCUT2D eigenvalue weighted by Gasteiger charge is -2.39. The van der Waals surface area contributed by atoms with Crippen molar-refractivity contribution in [1.29, 1.82) is 0 Å². The van der Waals surface area contributed by atoms with Gasteiger partial charge in [0.05, 0.1) is 0 Å². The second kappa shape index (κ2) is 4.78. The Bertz CT molecular complexity index is 344. The van der Waals surface area contributed by atoms with Crippen molar-refractivity contribution in [2.24, 2.45) is 5.41 Å². The Labute approximate surface area is 108 Å². The number of carbonyl (C=O) groups is 2. The Morgan fingerprint density at radius 1 is 1.17 bits per heavy atom. The first-order valence-electron chi connectivity index (χ1n) is 6.69. The average Bonchev–Trinajstić information content (AvgIpc) is 2.77. The fraction of sp³-hybridized carbons (Fsp3) is 0.846. The van der Waals surface area contributed by atoms with Crippen LogP contribution in [-0.2, 0) is 4.79 Å². The largest absolute Gasteiger partial charge is 0.480 e. The van der Waals surface area contributed by atoms with E-state index in [9.17, 15) is 9.59 Å². The summed E-state index contributed by atoms with van der Waals surface area (Å²) in [5.74, 6) is -0.877. The molecule has 2 heterocycles. The number of piperidine rings is 1. The SMILES string of the molecule is CC1(C)CCN(C(=O)N2CCC[C@H]2C(=O)O)CC1. The van der Waals surface area contributed by atoms with Crippen LogP contribution in [0.4, 0.5) is 4.79 Å². The molecular formula is C13H22N2O3. The molecule has 5 heteroatoms. The molecule has 0 aromatic carbocycles. The van der Waals surface area contributed by atoms with Gasteiger partial charge < -0.3 is 14.9 Å². The molecule has 0 radical (unpaired) electrons. The van der Waals surface area contributed by atoms with Crippen LogP contribution in [0.25, 0.3) is 0 Å². The second-order valence-electron chi connectivity index (χ2n) is 6.12. The summed E-state index contributed by atoms with van der Waals surface area (Å²) in [6, 6.07) is -0.706. The van der Waals surface area contributed by atoms with Gasteiger partial charge in [-0.3, -0.25) is 0 Å². The molecule has 2 rings (SSSR count). The van der Waals surface area contributed by atoms with Gasteiger partial charge in [0.25, 0.3) is 0 Å². The highest BCUT2D eigenvalue weighted by molar-refractivity contribution is 5.83. The Morgan fingerprint density at radius 2 is 1.78 bits per heavy atom. The van der Waals surface area contributed by atoms with Gasteiger partial charge in [-0.15, -0.1) is 0 Å². The van der Waals surface area contributed by atoms with Crippen LogP contribution in [0.15, 0.2) is 0 Å². The lowest BCUT2D eigenvalue weighted by Crippen LogP contribution is -2.51. The number of carboxylic acids is 1. The van der Waals surface area contributed by atoms with E-state index in [0.29, 0.717) is 18.4 Å². The number of amides is 2. The van der Waals surface area contributed by atoms with E-state index in [2.05, 4.69) is 13.8 Å². The van der Waals surface area contributed by atoms with E-state index in [-0.39, 0.29) is 6.03 Å². The van der Waals surface area contributed by atoms with Gasteiger partial charge in [-0.1, -0.05) is 13.8 Å². The molecule has 2 fully saturated rings. The Hall–Kier alpha value is -1.26. The Morgan fingerprint density at radius 3 is 2.33 bits per heavy atom. The summed E-state index contributed by atoms with van der Waals surface area (Å²) in [6.07, 6.45) is 3.36. The summed E-state index contributed by atoms with van der Waals surface area (Å²) in [6.45, 7) is 6.49. The summed E-state index contributed by atoms with van der Waals surface area (Å²) in [7, 11) is 0. The number of aliphatic carboxylic acids is 1. The van der Waals surface area contributed by atoms with Crippen LogP contribution >= 0.6 is 0 Å². The molecule has 5 nitrogen and oxygen atoms in total. The maximum atomic E-state index is 12.3. The Balaban J connectivity index is 1.97. The van der Waals surface area contributed by atoms with Gasteiger partial charge in [0.1, 0.15) is 6.04 Å². The quantitative estimate of drug-likeness (QED) is 0.776. The van der Waals surface area contributed by atoms with Crippen LogP contribution in [0.3, 0.4) is 0 Å². The lowest BCUT2D eigenvalue weighted by atomic mass is 9.83. The van der Waals surface area contributed by atoms with Crippen molar-refractivity contribution in [3.63, 3.8) is 0 Å². The predicted molar refractivity (Wildman–Crippen MR) is 67.3 cm³/mol. The number of urea groups is 1. The first-order chi connectivity index (χ1) is 8.41. The van der Waals surface area contributed by atoms with Crippen molar-refractivity contribution in [2.45, 2.75) is 45.6 Å². The van der Waals surface area contributed by atoms with Crippen LogP contribution in [0.5, 0.6) is 0 Å². The summed E-state index contributed by atoms with van der Waals surface area (Å²) in [5.41, 5.74) is 0.300. The van der Waals surface area contributed by atoms with Crippen LogP contribution in [-0.4, -0.2) is 52.6 Å². The van der Waals surface area contributed by atoms with Crippen molar-refractivity contribution >= 4 is 12.0 Å². The molecule has 1 atom stereocenters. The zero-order valence-corrected chi connectivity index (χ0v) is 11.2. The molecule has 102 valence electrons. The molecule has 0 aromatic rings. The van der Waals surface area contributed by atoms with Gasteiger partial charge in [0.15, 0.2) is 0 Å². The molecule has 2 amide bonds. The monoisotopic (exact) mass is 254 g/mol. The molecular weight excluding hydrogens is 232 g/mol. The van der Waals surface area contributed by atoms with E-state index in [1.807, 2.05) is 4.90 Å². The molecule has 0 aromatic heterocycles. The van der Waals surface area contributed by atoms with Crippen LogP contribution in [0, 0.1) is 5.41 Å². The number of nitrogens with zero attached hydrogens (tertiary/aromatic N) is 2. The first kappa shape index (κ1) is 13.2. The molecule has 0 aliphatic carbocycles. The van der Waals surface area contributed by atoms with E-state index >= 15 is 0 Å². The smallest absolute Gasteiger partial charge is 0.326 e. The predicted octanol–water partition coefficient (Wildman–Crippen LogP) is 1.78. The summed E-state index contributed by atoms with van der Waals surface area (Å²) in [5, 5.41) is 9.10. The van der Waals surface area contributed by atoms with E-state index in [4.69, 9.17) is 5.11 Å². The third kappa shape index (κ3) is 2.60. The highest BCUT2D eigenvalue weighted by Crippen LogP contribution is 2.31. The average molecular weight is 254 g/mol. The molecule has 0 spiro atoms. The van der Waals surface area contributed by atoms with Crippen LogP contribution in [0.1, 0.15) is 39.5 Å². The fourth-order valence-corrected chi connectivity index (χ4v) is 2.74. The third-order valence-electron chi connectivity index (χ3n) is 4.17. The minimum atomic E-state index is -0.877. The highest BCUT2D eigenvalue weighted by Gasteiger charge is 2.37. The molecule has 18 heavy (non-hydrogen) atoms. The number of likely N-dealkylation sites (tertiary alicyclic amines) is 2. The highest BCUT2D eigenvalue weighted by atomic mass is 16.4. The molecule has 1 N–H and O–H groups in total. The van der Waals surface area contributed by atoms with Gasteiger partial charge in [-0.25, -0.2) is 9.59 Å². The van der Waals surface area contributed by atoms with Gasteiger partial charge in [-0.2, -0.15) is 0 Å². The van der Waals surface area contributed by atoms with E-state index in [1.54, 1.807) is 0 Å². The topological polar surface area (TPSA) is 60.9 Å². The number of rotatable bonds is 1. The Kier molecular flexibility index (Phi) is 3.50. The van der Waals surface area contributed by atoms with Crippen molar-refractivity contribution in [2.75, 3.05) is 19.6 Å². The van der Waals surface area contributed by atoms with Gasteiger partial charge in [0, 0.05) is 19.6 Å². The maximum Gasteiger partial charge on any atom is 0.326 e. The molecule has 0 saturated carbocycles. The van der Waals surface area contributed by atoms with E-state index < -0.39 is 12.0 Å². The zero-order chi connectivity index (χ0) is 13.3. The van der Waals surface area contributed by atoms with Crippen molar-refractivity contribution in [3.8, 4) is 0 Å². The summed E-state index contributed by atoms with van der Waals surface area (Å²) in [4.78, 5) is 26.7. The van der Waals surface area contributed by atoms with E-state index in [0.717, 1.165) is 32.4 Å². The minimum Gasteiger partial charge on any atom is -0.480 e. The standard InChI is InChI=1S/C13H22N2O3/c1-13(2)5-8-14(9-6-13)12(18)15-7-3-4-10(15)11(16)17/h10H,3-9H2,1-2H3,(H,16,17)/t10-/m0/s1. The third-order valence-corrected chi connectivity index (χ3v) is 4.17. The van der Waals surface area contributed by atoms with Gasteiger partial charge in [0.2, 0.25) is 0 Å². The zero-order valence-electron chi connectivity index (χ0n) is 11.2. The number of carbonyl (C=O) groups excluding carboxylic acids is 1. The molecule has 0 unspecified atom stereocenters. The first-order valence-corrected chi connectivity index (χ1v) is 6.69. The summed E-state index contributed by atoms with van der Waals surface area (Å²) < 4.78 is 0. The fourth-order valence-electron chi connectivity index (χ4n) is 2.74. The normalized spacial score (nSPS) is 27.3. The number of carboxylic acid groups (broad SMARTS) is 1. The van der Waals surface area contributed by atoms with Gasteiger partial charge in [-0.05, 0) is 31.1 Å². The molecule has 2 aliphatic heterocycles. The lowest BCUT2D eigenvalue weighted by molar-refractivity contribution is -0.141. The van der Waals surface area contributed by atoms with E-state index in [1.165, 1.54) is 4.90 Å². The van der Waals surface area contributed by atoms with Crippen molar-refractivity contribution in [1.82, 2.24) is 9.80 Å². The van der Waals surface area contributed by atoms with Crippen LogP contribution < -0.4 is 0 Å². The molecule has 2 saturated heterocycles. The number of hydrogen-bond donors (Lipinski definition) is 1. The molecule has 2 aliphatic rings. The van der Waals surface area contributed by atoms with Gasteiger partial charge >= 0.3 is 12.0 Å². The maximum absolute atomic E-state index is 12.3. The second-order valence-corrected chi connectivity index (χ2v) is 6.12. The van der Waals surface area contributed by atoms with Crippen LogP contribution in [0.2, 0.25) is 0 Å². The van der Waals surface area contributed by atoms with Crippen molar-refractivity contribution in [3.05, 3.63) is 0 Å². The molecule has 0 bridgehead atoms. The number of hydrogen-bond acceptors (Lipinski definition) is 2.